The zero-order valence-electron chi connectivity index (χ0n) is 28.3. The second kappa shape index (κ2) is 23.0. The quantitative estimate of drug-likeness (QED) is 0.109. The van der Waals surface area contributed by atoms with Crippen LogP contribution in [0, 0.1) is 17.7 Å². The van der Waals surface area contributed by atoms with Crippen LogP contribution in [-0.2, 0) is 22.6 Å². The highest BCUT2D eigenvalue weighted by Crippen LogP contribution is 2.23. The van der Waals surface area contributed by atoms with Gasteiger partial charge in [-0.3, -0.25) is 9.59 Å². The standard InChI is InChI=1S/C32H44FN5O3S.C4H10/c1-5-28(34)15-14-24(4)42-38(21-23(2)3)22-30(39)29(17-25-10-7-6-8-11-25)37-32(41)20-36-31(40)19-35-18-26-12-9-13-27(33)16-26;1-4(2)3/h5-16,23,29-30,35,39H,1,17-22,34H2,2-4H3,(H,36,40)(H,37,41);4H,1-3H3/b24-14+,28-15+;. The molecule has 0 fully saturated rings. The first-order valence-electron chi connectivity index (χ1n) is 15.7. The minimum absolute atomic E-state index is 0.0260. The molecular formula is C36H54FN5O3S. The van der Waals surface area contributed by atoms with Crippen LogP contribution < -0.4 is 21.7 Å². The van der Waals surface area contributed by atoms with E-state index in [2.05, 4.69) is 61.5 Å². The van der Waals surface area contributed by atoms with Crippen molar-refractivity contribution in [3.63, 3.8) is 0 Å². The van der Waals surface area contributed by atoms with Crippen LogP contribution >= 0.6 is 11.9 Å². The summed E-state index contributed by atoms with van der Waals surface area (Å²) in [6.07, 6.45) is 4.80. The lowest BCUT2D eigenvalue weighted by Gasteiger charge is -2.30. The van der Waals surface area contributed by atoms with Gasteiger partial charge in [0.2, 0.25) is 11.8 Å². The molecule has 0 bridgehead atoms. The van der Waals surface area contributed by atoms with Gasteiger partial charge in [-0.1, -0.05) is 83.7 Å². The van der Waals surface area contributed by atoms with Gasteiger partial charge in [-0.25, -0.2) is 8.70 Å². The summed E-state index contributed by atoms with van der Waals surface area (Å²) in [6, 6.07) is 15.2. The van der Waals surface area contributed by atoms with E-state index in [1.54, 1.807) is 24.3 Å². The van der Waals surface area contributed by atoms with E-state index in [0.29, 0.717) is 36.7 Å². The normalized spacial score (nSPS) is 13.2. The number of hydrogen-bond acceptors (Lipinski definition) is 7. The Kier molecular flexibility index (Phi) is 20.3. The molecule has 0 radical (unpaired) electrons. The summed E-state index contributed by atoms with van der Waals surface area (Å²) in [5.74, 6) is 0.0662. The molecule has 254 valence electrons. The lowest BCUT2D eigenvalue weighted by Crippen LogP contribution is -2.51. The minimum atomic E-state index is -0.884. The Balaban J connectivity index is 0.00000249. The highest BCUT2D eigenvalue weighted by Gasteiger charge is 2.25. The van der Waals surface area contributed by atoms with Crippen molar-refractivity contribution in [2.24, 2.45) is 17.6 Å². The fourth-order valence-electron chi connectivity index (χ4n) is 4.03. The van der Waals surface area contributed by atoms with Crippen molar-refractivity contribution in [3.8, 4) is 0 Å². The van der Waals surface area contributed by atoms with Gasteiger partial charge in [0.25, 0.3) is 0 Å². The zero-order chi connectivity index (χ0) is 34.5. The monoisotopic (exact) mass is 655 g/mol. The molecule has 0 aliphatic carbocycles. The van der Waals surface area contributed by atoms with Crippen LogP contribution in [0.5, 0.6) is 0 Å². The molecule has 2 aromatic rings. The van der Waals surface area contributed by atoms with Crippen molar-refractivity contribution in [2.75, 3.05) is 26.2 Å². The van der Waals surface area contributed by atoms with Gasteiger partial charge in [0.05, 0.1) is 25.2 Å². The average Bonchev–Trinajstić information content (AvgIpc) is 2.98. The predicted molar refractivity (Wildman–Crippen MR) is 190 cm³/mol. The molecule has 0 spiro atoms. The maximum atomic E-state index is 13.3. The molecule has 2 unspecified atom stereocenters. The number of aliphatic hydroxyl groups excluding tert-OH is 1. The topological polar surface area (TPSA) is 120 Å². The van der Waals surface area contributed by atoms with Crippen molar-refractivity contribution < 1.29 is 19.1 Å². The first kappa shape index (κ1) is 40.6. The number of allylic oxidation sites excluding steroid dienone is 4. The second-order valence-corrected chi connectivity index (χ2v) is 13.5. The van der Waals surface area contributed by atoms with E-state index in [1.165, 1.54) is 24.1 Å². The Bertz CT molecular complexity index is 1250. The molecule has 0 saturated carbocycles. The van der Waals surface area contributed by atoms with Crippen LogP contribution in [0.4, 0.5) is 4.39 Å². The molecule has 2 amide bonds. The molecule has 2 aromatic carbocycles. The van der Waals surface area contributed by atoms with E-state index < -0.39 is 18.1 Å². The van der Waals surface area contributed by atoms with E-state index >= 15 is 0 Å². The fraction of sp³-hybridized carbons (Fsp3) is 0.444. The van der Waals surface area contributed by atoms with E-state index in [9.17, 15) is 19.1 Å². The predicted octanol–water partition coefficient (Wildman–Crippen LogP) is 5.32. The molecule has 10 heteroatoms. The van der Waals surface area contributed by atoms with Crippen LogP contribution in [-0.4, -0.2) is 59.6 Å². The Morgan fingerprint density at radius 3 is 2.24 bits per heavy atom. The number of nitrogens with one attached hydrogen (secondary N) is 3. The Hall–Kier alpha value is -3.44. The van der Waals surface area contributed by atoms with Crippen LogP contribution in [0.3, 0.4) is 0 Å². The molecule has 0 aliphatic rings. The lowest BCUT2D eigenvalue weighted by atomic mass is 10.0. The maximum Gasteiger partial charge on any atom is 0.239 e. The number of aliphatic hydroxyl groups is 1. The smallest absolute Gasteiger partial charge is 0.239 e. The zero-order valence-corrected chi connectivity index (χ0v) is 29.1. The van der Waals surface area contributed by atoms with E-state index in [-0.39, 0.29) is 24.8 Å². The summed E-state index contributed by atoms with van der Waals surface area (Å²) in [7, 11) is 0. The largest absolute Gasteiger partial charge is 0.399 e. The lowest BCUT2D eigenvalue weighted by molar-refractivity contribution is -0.126. The number of benzene rings is 2. The Labute approximate surface area is 279 Å². The highest BCUT2D eigenvalue weighted by atomic mass is 32.2. The number of nitrogens with zero attached hydrogens (tertiary/aromatic N) is 1. The average molecular weight is 656 g/mol. The third-order valence-electron chi connectivity index (χ3n) is 6.04. The molecule has 0 aliphatic heterocycles. The number of hydrogen-bond donors (Lipinski definition) is 5. The molecule has 0 saturated heterocycles. The van der Waals surface area contributed by atoms with Crippen molar-refractivity contribution in [1.29, 1.82) is 0 Å². The molecular weight excluding hydrogens is 601 g/mol. The van der Waals surface area contributed by atoms with Crippen molar-refractivity contribution in [3.05, 3.63) is 107 Å². The molecule has 0 heterocycles. The first-order valence-corrected chi connectivity index (χ1v) is 16.5. The van der Waals surface area contributed by atoms with E-state index in [1.807, 2.05) is 43.3 Å². The Morgan fingerprint density at radius 1 is 0.978 bits per heavy atom. The number of amides is 2. The van der Waals surface area contributed by atoms with Crippen LogP contribution in [0.2, 0.25) is 0 Å². The van der Waals surface area contributed by atoms with Gasteiger partial charge in [0.1, 0.15) is 5.82 Å². The number of rotatable bonds is 18. The van der Waals surface area contributed by atoms with Crippen molar-refractivity contribution in [1.82, 2.24) is 20.3 Å². The Morgan fingerprint density at radius 2 is 1.63 bits per heavy atom. The fourth-order valence-corrected chi connectivity index (χ4v) is 5.16. The number of carbonyl (C=O) groups excluding carboxylic acids is 2. The molecule has 8 nitrogen and oxygen atoms in total. The van der Waals surface area contributed by atoms with Crippen LogP contribution in [0.25, 0.3) is 0 Å². The summed E-state index contributed by atoms with van der Waals surface area (Å²) in [5.41, 5.74) is 8.07. The van der Waals surface area contributed by atoms with Gasteiger partial charge in [0, 0.05) is 25.3 Å². The van der Waals surface area contributed by atoms with E-state index in [4.69, 9.17) is 5.73 Å². The van der Waals surface area contributed by atoms with Gasteiger partial charge < -0.3 is 26.8 Å². The molecule has 6 N–H and O–H groups in total. The molecule has 0 aromatic heterocycles. The third kappa shape index (κ3) is 19.8. The summed E-state index contributed by atoms with van der Waals surface area (Å²) in [5, 5.41) is 19.8. The highest BCUT2D eigenvalue weighted by molar-refractivity contribution is 8.00. The van der Waals surface area contributed by atoms with E-state index in [0.717, 1.165) is 22.9 Å². The summed E-state index contributed by atoms with van der Waals surface area (Å²) in [4.78, 5) is 26.1. The summed E-state index contributed by atoms with van der Waals surface area (Å²) >= 11 is 1.52. The van der Waals surface area contributed by atoms with Gasteiger partial charge >= 0.3 is 0 Å². The van der Waals surface area contributed by atoms with Crippen molar-refractivity contribution in [2.45, 2.75) is 66.7 Å². The minimum Gasteiger partial charge on any atom is -0.399 e. The van der Waals surface area contributed by atoms with Gasteiger partial charge in [-0.05, 0) is 83.5 Å². The van der Waals surface area contributed by atoms with Gasteiger partial charge in [0.15, 0.2) is 0 Å². The van der Waals surface area contributed by atoms with Gasteiger partial charge in [-0.15, -0.1) is 0 Å². The second-order valence-electron chi connectivity index (χ2n) is 12.2. The third-order valence-corrected chi connectivity index (χ3v) is 7.02. The molecule has 46 heavy (non-hydrogen) atoms. The van der Waals surface area contributed by atoms with Crippen LogP contribution in [0.15, 0.2) is 90.0 Å². The SMILES string of the molecule is C=C/C(N)=C\C=C(/C)SN(CC(C)C)CC(O)C(Cc1ccccc1)NC(=O)CNC(=O)CNCc1cccc(F)c1.CC(C)C. The number of carbonyl (C=O) groups is 2. The number of halogens is 1. The summed E-state index contributed by atoms with van der Waals surface area (Å²) in [6.45, 7) is 17.4. The first-order chi connectivity index (χ1) is 21.8. The summed E-state index contributed by atoms with van der Waals surface area (Å²) < 4.78 is 15.4. The molecule has 2 atom stereocenters. The molecule has 2 rings (SSSR count). The maximum absolute atomic E-state index is 13.3. The van der Waals surface area contributed by atoms with Crippen LogP contribution in [0.1, 0.15) is 52.7 Å². The number of nitrogens with two attached hydrogens (primary N) is 1. The van der Waals surface area contributed by atoms with Gasteiger partial charge in [-0.2, -0.15) is 0 Å². The van der Waals surface area contributed by atoms with Crippen molar-refractivity contribution >= 4 is 23.8 Å².